The first-order valence-corrected chi connectivity index (χ1v) is 5.37. The number of hydrogen-bond donors (Lipinski definition) is 0. The van der Waals surface area contributed by atoms with Crippen molar-refractivity contribution in [3.63, 3.8) is 0 Å². The van der Waals surface area contributed by atoms with Gasteiger partial charge in [0.2, 0.25) is 10.7 Å². The van der Waals surface area contributed by atoms with Crippen molar-refractivity contribution in [2.75, 3.05) is 0 Å². The van der Waals surface area contributed by atoms with Gasteiger partial charge in [-0.05, 0) is 12.1 Å². The van der Waals surface area contributed by atoms with Crippen LogP contribution in [0.5, 0.6) is 0 Å². The molecule has 1 aromatic carbocycles. The summed E-state index contributed by atoms with van der Waals surface area (Å²) < 4.78 is 28.1. The molecule has 15 heavy (non-hydrogen) atoms. The summed E-state index contributed by atoms with van der Waals surface area (Å²) in [5, 5.41) is 2.94. The second-order valence-electron chi connectivity index (χ2n) is 3.32. The van der Waals surface area contributed by atoms with E-state index < -0.39 is 11.6 Å². The van der Waals surface area contributed by atoms with Crippen molar-refractivity contribution in [3.8, 4) is 11.3 Å². The van der Waals surface area contributed by atoms with Crippen LogP contribution in [-0.2, 0) is 7.05 Å². The van der Waals surface area contributed by atoms with Gasteiger partial charge in [-0.2, -0.15) is 4.57 Å². The zero-order valence-electron chi connectivity index (χ0n) is 8.42. The molecule has 1 heterocycles. The molecule has 0 saturated carbocycles. The quantitative estimate of drug-likeness (QED) is 0.658. The minimum atomic E-state index is -0.550. The zero-order chi connectivity index (χ0) is 11.0. The summed E-state index contributed by atoms with van der Waals surface area (Å²) >= 11 is 1.54. The van der Waals surface area contributed by atoms with E-state index in [9.17, 15) is 8.78 Å². The highest BCUT2D eigenvalue weighted by molar-refractivity contribution is 7.09. The second kappa shape index (κ2) is 3.70. The summed E-state index contributed by atoms with van der Waals surface area (Å²) in [5.41, 5.74) is 1.21. The molecule has 0 unspecified atom stereocenters. The molecule has 0 aliphatic rings. The molecule has 0 bridgehead atoms. The average Bonchev–Trinajstić information content (AvgIpc) is 2.49. The molecule has 2 rings (SSSR count). The third-order valence-corrected chi connectivity index (χ3v) is 3.34. The molecule has 2 aromatic rings. The number of benzene rings is 1. The van der Waals surface area contributed by atoms with Gasteiger partial charge in [0, 0.05) is 13.0 Å². The Kier molecular flexibility index (Phi) is 2.52. The highest BCUT2D eigenvalue weighted by Crippen LogP contribution is 2.23. The molecule has 0 aliphatic carbocycles. The van der Waals surface area contributed by atoms with Crippen LogP contribution >= 0.6 is 11.3 Å². The lowest BCUT2D eigenvalue weighted by atomic mass is 10.1. The molecule has 4 heteroatoms. The van der Waals surface area contributed by atoms with E-state index in [0.717, 1.165) is 16.8 Å². The van der Waals surface area contributed by atoms with Crippen LogP contribution in [0, 0.1) is 18.6 Å². The second-order valence-corrected chi connectivity index (χ2v) is 4.39. The molecule has 0 radical (unpaired) electrons. The fraction of sp³-hybridized carbons (Fsp3) is 0.182. The molecule has 0 atom stereocenters. The van der Waals surface area contributed by atoms with Gasteiger partial charge in [-0.1, -0.05) is 11.3 Å². The number of aromatic nitrogens is 1. The largest absolute Gasteiger partial charge is 0.234 e. The monoisotopic (exact) mass is 226 g/mol. The van der Waals surface area contributed by atoms with Gasteiger partial charge in [0.05, 0.1) is 10.9 Å². The van der Waals surface area contributed by atoms with Gasteiger partial charge in [0.1, 0.15) is 18.7 Å². The van der Waals surface area contributed by atoms with Gasteiger partial charge < -0.3 is 0 Å². The Morgan fingerprint density at radius 3 is 2.53 bits per heavy atom. The molecule has 78 valence electrons. The lowest BCUT2D eigenvalue weighted by molar-refractivity contribution is -0.661. The number of rotatable bonds is 1. The number of nitrogens with zero attached hydrogens (tertiary/aromatic N) is 1. The SMILES string of the molecule is Cc1scc(-c2ccc(F)cc2F)[n+]1C. The highest BCUT2D eigenvalue weighted by Gasteiger charge is 2.18. The summed E-state index contributed by atoms with van der Waals surface area (Å²) in [7, 11) is 1.87. The summed E-state index contributed by atoms with van der Waals surface area (Å²) in [5.74, 6) is -1.07. The van der Waals surface area contributed by atoms with E-state index in [1.807, 2.05) is 23.9 Å². The molecular formula is C11H10F2NS+. The van der Waals surface area contributed by atoms with E-state index in [1.165, 1.54) is 12.1 Å². The number of halogens is 2. The molecule has 0 N–H and O–H groups in total. The van der Waals surface area contributed by atoms with Crippen LogP contribution in [0.25, 0.3) is 11.3 Å². The summed E-state index contributed by atoms with van der Waals surface area (Å²) in [6, 6.07) is 3.64. The van der Waals surface area contributed by atoms with Gasteiger partial charge in [0.25, 0.3) is 0 Å². The lowest BCUT2D eigenvalue weighted by Gasteiger charge is -1.98. The maximum Gasteiger partial charge on any atom is 0.234 e. The van der Waals surface area contributed by atoms with Gasteiger partial charge in [-0.15, -0.1) is 0 Å². The van der Waals surface area contributed by atoms with Crippen molar-refractivity contribution in [1.82, 2.24) is 0 Å². The first-order valence-electron chi connectivity index (χ1n) is 4.49. The normalized spacial score (nSPS) is 10.7. The predicted molar refractivity (Wildman–Crippen MR) is 55.6 cm³/mol. The van der Waals surface area contributed by atoms with E-state index in [2.05, 4.69) is 0 Å². The minimum absolute atomic E-state index is 0.434. The molecule has 1 nitrogen and oxygen atoms in total. The third kappa shape index (κ3) is 1.77. The summed E-state index contributed by atoms with van der Waals surface area (Å²) in [4.78, 5) is 0. The smallest absolute Gasteiger partial charge is 0.207 e. The van der Waals surface area contributed by atoms with Gasteiger partial charge in [-0.3, -0.25) is 0 Å². The maximum absolute atomic E-state index is 13.5. The van der Waals surface area contributed by atoms with E-state index in [1.54, 1.807) is 11.3 Å². The number of aryl methyl sites for hydroxylation is 1. The van der Waals surface area contributed by atoms with E-state index >= 15 is 0 Å². The van der Waals surface area contributed by atoms with E-state index in [-0.39, 0.29) is 0 Å². The van der Waals surface area contributed by atoms with E-state index in [0.29, 0.717) is 5.56 Å². The fourth-order valence-corrected chi connectivity index (χ4v) is 2.23. The van der Waals surface area contributed by atoms with Crippen molar-refractivity contribution >= 4 is 11.3 Å². The van der Waals surface area contributed by atoms with Crippen LogP contribution in [0.2, 0.25) is 0 Å². The Morgan fingerprint density at radius 1 is 1.27 bits per heavy atom. The molecule has 0 aliphatic heterocycles. The zero-order valence-corrected chi connectivity index (χ0v) is 9.24. The van der Waals surface area contributed by atoms with Crippen molar-refractivity contribution in [2.45, 2.75) is 6.92 Å². The highest BCUT2D eigenvalue weighted by atomic mass is 32.1. The third-order valence-electron chi connectivity index (χ3n) is 2.38. The van der Waals surface area contributed by atoms with Crippen molar-refractivity contribution in [3.05, 3.63) is 40.2 Å². The van der Waals surface area contributed by atoms with Crippen LogP contribution in [0.4, 0.5) is 8.78 Å². The molecule has 0 amide bonds. The Hall–Kier alpha value is -1.29. The first kappa shape index (κ1) is 10.2. The first-order chi connectivity index (χ1) is 7.09. The lowest BCUT2D eigenvalue weighted by Crippen LogP contribution is -2.31. The number of hydrogen-bond acceptors (Lipinski definition) is 1. The van der Waals surface area contributed by atoms with Crippen LogP contribution < -0.4 is 4.57 Å². The van der Waals surface area contributed by atoms with E-state index in [4.69, 9.17) is 0 Å². The van der Waals surface area contributed by atoms with Crippen LogP contribution in [0.1, 0.15) is 5.01 Å². The minimum Gasteiger partial charge on any atom is -0.207 e. The number of thiazole rings is 1. The van der Waals surface area contributed by atoms with Gasteiger partial charge in [-0.25, -0.2) is 8.78 Å². The molecular weight excluding hydrogens is 216 g/mol. The Morgan fingerprint density at radius 2 is 2.00 bits per heavy atom. The van der Waals surface area contributed by atoms with Gasteiger partial charge >= 0.3 is 0 Å². The molecule has 0 saturated heterocycles. The van der Waals surface area contributed by atoms with Crippen LogP contribution in [0.3, 0.4) is 0 Å². The molecule has 0 spiro atoms. The molecule has 1 aromatic heterocycles. The van der Waals surface area contributed by atoms with Crippen LogP contribution in [0.15, 0.2) is 23.6 Å². The van der Waals surface area contributed by atoms with Gasteiger partial charge in [0.15, 0.2) is 0 Å². The fourth-order valence-electron chi connectivity index (χ4n) is 1.41. The Bertz CT molecular complexity index is 505. The van der Waals surface area contributed by atoms with Crippen molar-refractivity contribution < 1.29 is 13.3 Å². The Balaban J connectivity index is 2.59. The average molecular weight is 226 g/mol. The van der Waals surface area contributed by atoms with Crippen LogP contribution in [-0.4, -0.2) is 0 Å². The van der Waals surface area contributed by atoms with Crippen molar-refractivity contribution in [2.24, 2.45) is 7.05 Å². The standard InChI is InChI=1S/C11H10F2NS/c1-7-14(2)11(6-15-7)9-4-3-8(12)5-10(9)13/h3-6H,1-2H3/q+1. The van der Waals surface area contributed by atoms with Crippen molar-refractivity contribution in [1.29, 1.82) is 0 Å². The maximum atomic E-state index is 13.5. The topological polar surface area (TPSA) is 3.88 Å². The summed E-state index contributed by atoms with van der Waals surface area (Å²) in [6.07, 6.45) is 0. The molecule has 0 fully saturated rings. The Labute approximate surface area is 90.6 Å². The summed E-state index contributed by atoms with van der Waals surface area (Å²) in [6.45, 7) is 1.95. The predicted octanol–water partition coefficient (Wildman–Crippen LogP) is 2.83.